The number of esters is 1. The molecule has 4 heteroatoms. The predicted molar refractivity (Wildman–Crippen MR) is 52.4 cm³/mol. The number of rotatable bonds is 1. The van der Waals surface area contributed by atoms with Gasteiger partial charge in [0.15, 0.2) is 6.34 Å². The molecule has 2 heterocycles. The van der Waals surface area contributed by atoms with Crippen LogP contribution in [-0.2, 0) is 9.53 Å². The lowest BCUT2D eigenvalue weighted by Gasteiger charge is -2.31. The maximum Gasteiger partial charge on any atom is 0.307 e. The number of cyclic esters (lactones) is 1. The molecule has 0 aromatic carbocycles. The number of carbonyl (C=O) groups excluding carboxylic acids is 1. The Bertz CT molecular complexity index is 344. The Morgan fingerprint density at radius 1 is 1.57 bits per heavy atom. The summed E-state index contributed by atoms with van der Waals surface area (Å²) in [5.41, 5.74) is 0.959. The summed E-state index contributed by atoms with van der Waals surface area (Å²) in [6, 6.07) is 0. The Morgan fingerprint density at radius 3 is 2.71 bits per heavy atom. The van der Waals surface area contributed by atoms with Gasteiger partial charge in [0.2, 0.25) is 0 Å². The number of ether oxygens (including phenoxy) is 1. The van der Waals surface area contributed by atoms with E-state index in [0.29, 0.717) is 17.5 Å². The summed E-state index contributed by atoms with van der Waals surface area (Å²) in [6.45, 7) is 2.53. The fourth-order valence-corrected chi connectivity index (χ4v) is 2.16. The van der Waals surface area contributed by atoms with E-state index in [2.05, 4.69) is 26.0 Å². The first-order chi connectivity index (χ1) is 6.44. The van der Waals surface area contributed by atoms with E-state index in [1.807, 2.05) is 12.5 Å². The first-order valence-electron chi connectivity index (χ1n) is 4.69. The van der Waals surface area contributed by atoms with Crippen LogP contribution in [0.1, 0.15) is 13.3 Å². The van der Waals surface area contributed by atoms with Crippen LogP contribution in [0.2, 0.25) is 0 Å². The molecular weight excluding hydrogens is 180 g/mol. The number of hydrogen-bond acceptors (Lipinski definition) is 3. The van der Waals surface area contributed by atoms with Crippen molar-refractivity contribution in [2.75, 3.05) is 20.7 Å². The van der Waals surface area contributed by atoms with Gasteiger partial charge in [-0.15, -0.1) is 0 Å². The smallest absolute Gasteiger partial charge is 0.307 e. The second kappa shape index (κ2) is 2.67. The zero-order valence-corrected chi connectivity index (χ0v) is 8.78. The zero-order chi connectivity index (χ0) is 10.4. The second-order valence-corrected chi connectivity index (χ2v) is 4.72. The van der Waals surface area contributed by atoms with E-state index in [1.165, 1.54) is 0 Å². The quantitative estimate of drug-likeness (QED) is 0.460. The van der Waals surface area contributed by atoms with E-state index >= 15 is 0 Å². The monoisotopic (exact) mass is 195 g/mol. The summed E-state index contributed by atoms with van der Waals surface area (Å²) in [6.07, 6.45) is 4.18. The van der Waals surface area contributed by atoms with Crippen LogP contribution < -0.4 is 0 Å². The van der Waals surface area contributed by atoms with Crippen LogP contribution in [0.5, 0.6) is 0 Å². The highest BCUT2D eigenvalue weighted by molar-refractivity contribution is 5.73. The normalized spacial score (nSPS) is 34.5. The lowest BCUT2D eigenvalue weighted by Crippen LogP contribution is -2.42. The van der Waals surface area contributed by atoms with Crippen molar-refractivity contribution in [2.24, 2.45) is 10.4 Å². The summed E-state index contributed by atoms with van der Waals surface area (Å²) < 4.78 is 5.65. The van der Waals surface area contributed by atoms with Gasteiger partial charge in [-0.05, 0) is 6.92 Å². The minimum atomic E-state index is -0.183. The Balaban J connectivity index is 2.29. The van der Waals surface area contributed by atoms with Crippen LogP contribution in [0.15, 0.2) is 16.9 Å². The van der Waals surface area contributed by atoms with Gasteiger partial charge in [-0.2, -0.15) is 0 Å². The van der Waals surface area contributed by atoms with Crippen molar-refractivity contribution in [3.63, 3.8) is 0 Å². The molecule has 4 nitrogen and oxygen atoms in total. The van der Waals surface area contributed by atoms with Gasteiger partial charge in [-0.1, -0.05) is 0 Å². The molecule has 0 bridgehead atoms. The number of carbonyl (C=O) groups is 1. The second-order valence-electron chi connectivity index (χ2n) is 4.72. The predicted octanol–water partition coefficient (Wildman–Crippen LogP) is 0.899. The third-order valence-corrected chi connectivity index (χ3v) is 2.88. The van der Waals surface area contributed by atoms with E-state index in [9.17, 15) is 4.79 Å². The van der Waals surface area contributed by atoms with Gasteiger partial charge in [0.25, 0.3) is 0 Å². The van der Waals surface area contributed by atoms with Crippen molar-refractivity contribution in [1.82, 2.24) is 0 Å². The van der Waals surface area contributed by atoms with Gasteiger partial charge in [-0.3, -0.25) is 9.28 Å². The van der Waals surface area contributed by atoms with E-state index in [0.717, 1.165) is 5.70 Å². The highest BCUT2D eigenvalue weighted by Gasteiger charge is 2.47. The van der Waals surface area contributed by atoms with Crippen molar-refractivity contribution < 1.29 is 14.0 Å². The summed E-state index contributed by atoms with van der Waals surface area (Å²) in [7, 11) is 4.10. The molecule has 1 atom stereocenters. The maximum absolute atomic E-state index is 11.1. The third-order valence-electron chi connectivity index (χ3n) is 2.88. The molecule has 2 aliphatic heterocycles. The molecule has 1 unspecified atom stereocenters. The largest absolute Gasteiger partial charge is 0.464 e. The zero-order valence-electron chi connectivity index (χ0n) is 8.78. The number of hydrogen-bond donors (Lipinski definition) is 0. The molecule has 2 aliphatic rings. The molecule has 0 spiro atoms. The van der Waals surface area contributed by atoms with Crippen molar-refractivity contribution >= 4 is 12.3 Å². The van der Waals surface area contributed by atoms with Crippen molar-refractivity contribution in [3.8, 4) is 0 Å². The fourth-order valence-electron chi connectivity index (χ4n) is 2.16. The van der Waals surface area contributed by atoms with Gasteiger partial charge in [0.1, 0.15) is 12.3 Å². The van der Waals surface area contributed by atoms with Gasteiger partial charge < -0.3 is 4.74 Å². The summed E-state index contributed by atoms with van der Waals surface area (Å²) in [5, 5.41) is 0. The molecular formula is C10H15N2O2+. The average Bonchev–Trinajstić information content (AvgIpc) is 2.56. The molecule has 0 aliphatic carbocycles. The minimum absolute atomic E-state index is 0.111. The first-order valence-corrected chi connectivity index (χ1v) is 4.69. The molecule has 1 saturated heterocycles. The number of aliphatic imine (C=N–C) groups is 1. The Hall–Kier alpha value is -1.16. The summed E-state index contributed by atoms with van der Waals surface area (Å²) in [5.74, 6) is -0.111. The van der Waals surface area contributed by atoms with Gasteiger partial charge in [-0.25, -0.2) is 4.99 Å². The van der Waals surface area contributed by atoms with Crippen LogP contribution in [0.25, 0.3) is 0 Å². The standard InChI is InChI=1S/C10H15N2O2/c1-10(4-9(13)14-6-10)8-5-11-7-12(8,2)3/h5,7H,4,6H2,1-3H3/q+1. The lowest BCUT2D eigenvalue weighted by molar-refractivity contribution is -0.755. The van der Waals surface area contributed by atoms with Crippen LogP contribution >= 0.6 is 0 Å². The van der Waals surface area contributed by atoms with Crippen molar-refractivity contribution in [3.05, 3.63) is 11.9 Å². The van der Waals surface area contributed by atoms with Crippen molar-refractivity contribution in [2.45, 2.75) is 13.3 Å². The SMILES string of the molecule is CC1(C2=CN=C[N+]2(C)C)COC(=O)C1. The number of quaternary nitrogens is 1. The Labute approximate surface area is 83.5 Å². The van der Waals surface area contributed by atoms with Gasteiger partial charge in [0, 0.05) is 0 Å². The highest BCUT2D eigenvalue weighted by atomic mass is 16.5. The van der Waals surface area contributed by atoms with Crippen molar-refractivity contribution in [1.29, 1.82) is 0 Å². The van der Waals surface area contributed by atoms with E-state index in [-0.39, 0.29) is 11.4 Å². The molecule has 0 aromatic rings. The topological polar surface area (TPSA) is 38.7 Å². The molecule has 0 aromatic heterocycles. The maximum atomic E-state index is 11.1. The summed E-state index contributed by atoms with van der Waals surface area (Å²) >= 11 is 0. The third kappa shape index (κ3) is 1.26. The highest BCUT2D eigenvalue weighted by Crippen LogP contribution is 2.41. The van der Waals surface area contributed by atoms with E-state index in [1.54, 1.807) is 0 Å². The summed E-state index contributed by atoms with van der Waals surface area (Å²) in [4.78, 5) is 15.3. The van der Waals surface area contributed by atoms with E-state index < -0.39 is 0 Å². The van der Waals surface area contributed by atoms with E-state index in [4.69, 9.17) is 4.74 Å². The molecule has 0 radical (unpaired) electrons. The Kier molecular flexibility index (Phi) is 1.79. The van der Waals surface area contributed by atoms with Gasteiger partial charge in [0.05, 0.1) is 32.1 Å². The molecule has 2 rings (SSSR count). The first kappa shape index (κ1) is 9.40. The molecule has 1 fully saturated rings. The van der Waals surface area contributed by atoms with Crippen LogP contribution in [0, 0.1) is 5.41 Å². The fraction of sp³-hybridized carbons (Fsp3) is 0.600. The molecule has 0 amide bonds. The Morgan fingerprint density at radius 2 is 2.29 bits per heavy atom. The molecule has 14 heavy (non-hydrogen) atoms. The number of nitrogens with zero attached hydrogens (tertiary/aromatic N) is 2. The molecule has 0 saturated carbocycles. The average molecular weight is 195 g/mol. The lowest BCUT2D eigenvalue weighted by atomic mass is 9.85. The van der Waals surface area contributed by atoms with Crippen LogP contribution in [0.4, 0.5) is 0 Å². The van der Waals surface area contributed by atoms with Gasteiger partial charge >= 0.3 is 5.97 Å². The molecule has 0 N–H and O–H groups in total. The van der Waals surface area contributed by atoms with Crippen LogP contribution in [-0.4, -0.2) is 37.5 Å². The minimum Gasteiger partial charge on any atom is -0.464 e. The molecule has 76 valence electrons. The van der Waals surface area contributed by atoms with Crippen LogP contribution in [0.3, 0.4) is 0 Å².